The molecule has 7 heteroatoms. The number of cyclic esters (lactones) is 1. The third-order valence-electron chi connectivity index (χ3n) is 11.9. The van der Waals surface area contributed by atoms with Crippen molar-refractivity contribution in [1.82, 2.24) is 0 Å². The highest BCUT2D eigenvalue weighted by atomic mass is 16.6. The second-order valence-electron chi connectivity index (χ2n) is 12.9. The summed E-state index contributed by atoms with van der Waals surface area (Å²) in [4.78, 5) is 25.8. The zero-order chi connectivity index (χ0) is 25.3. The van der Waals surface area contributed by atoms with Crippen LogP contribution in [0, 0.1) is 28.6 Å². The Balaban J connectivity index is 1.35. The van der Waals surface area contributed by atoms with Gasteiger partial charge in [0.1, 0.15) is 23.4 Å². The molecule has 0 aromatic heterocycles. The third kappa shape index (κ3) is 2.56. The number of allylic oxidation sites excluding steroid dienone is 1. The van der Waals surface area contributed by atoms with Gasteiger partial charge in [0.25, 0.3) is 0 Å². The minimum atomic E-state index is -1.30. The molecule has 3 N–H and O–H groups in total. The first-order valence-electron chi connectivity index (χ1n) is 13.2. The van der Waals surface area contributed by atoms with E-state index in [4.69, 9.17) is 9.47 Å². The molecule has 0 amide bonds. The van der Waals surface area contributed by atoms with Gasteiger partial charge in [0, 0.05) is 17.4 Å². The first-order valence-corrected chi connectivity index (χ1v) is 13.2. The molecule has 35 heavy (non-hydrogen) atoms. The van der Waals surface area contributed by atoms with E-state index < -0.39 is 39.8 Å². The molecule has 0 aromatic rings. The summed E-state index contributed by atoms with van der Waals surface area (Å²) in [6.45, 7) is 9.42. The number of esters is 1. The molecule has 4 aliphatic carbocycles. The van der Waals surface area contributed by atoms with Gasteiger partial charge in [-0.1, -0.05) is 12.5 Å². The largest absolute Gasteiger partial charge is 0.456 e. The third-order valence-corrected chi connectivity index (χ3v) is 11.9. The lowest BCUT2D eigenvalue weighted by atomic mass is 9.43. The van der Waals surface area contributed by atoms with Crippen LogP contribution in [-0.2, 0) is 19.1 Å². The summed E-state index contributed by atoms with van der Waals surface area (Å²) in [5.41, 5.74) is -3.23. The monoisotopic (exact) mass is 486 g/mol. The maximum absolute atomic E-state index is 13.3. The summed E-state index contributed by atoms with van der Waals surface area (Å²) < 4.78 is 11.9. The van der Waals surface area contributed by atoms with E-state index in [1.165, 1.54) is 6.08 Å². The number of ether oxygens (including phenoxy) is 2. The van der Waals surface area contributed by atoms with Crippen LogP contribution in [0.1, 0.15) is 73.1 Å². The lowest BCUT2D eigenvalue weighted by Gasteiger charge is -2.62. The fraction of sp³-hybridized carbons (Fsp3) is 0.786. The van der Waals surface area contributed by atoms with Crippen molar-refractivity contribution in [2.75, 3.05) is 0 Å². The molecule has 2 heterocycles. The Hall–Kier alpha value is -1.54. The molecule has 1 saturated heterocycles. The Bertz CT molecular complexity index is 1080. The Labute approximate surface area is 206 Å². The normalized spacial score (nSPS) is 54.3. The molecule has 6 aliphatic rings. The molecule has 2 aliphatic heterocycles. The Morgan fingerprint density at radius 3 is 2.51 bits per heavy atom. The van der Waals surface area contributed by atoms with Gasteiger partial charge >= 0.3 is 5.97 Å². The summed E-state index contributed by atoms with van der Waals surface area (Å²) in [7, 11) is 0. The Kier molecular flexibility index (Phi) is 4.67. The molecule has 0 unspecified atom stereocenters. The number of carbonyl (C=O) groups excluding carboxylic acids is 2. The molecule has 0 radical (unpaired) electrons. The van der Waals surface area contributed by atoms with E-state index in [2.05, 4.69) is 6.92 Å². The first kappa shape index (κ1) is 23.8. The molecular formula is C28H38O7. The van der Waals surface area contributed by atoms with Crippen LogP contribution in [0.3, 0.4) is 0 Å². The number of aliphatic hydroxyl groups is 3. The van der Waals surface area contributed by atoms with Gasteiger partial charge in [-0.2, -0.15) is 0 Å². The summed E-state index contributed by atoms with van der Waals surface area (Å²) in [6, 6.07) is 0. The van der Waals surface area contributed by atoms with Crippen molar-refractivity contribution in [3.8, 4) is 0 Å². The van der Waals surface area contributed by atoms with Crippen molar-refractivity contribution in [1.29, 1.82) is 0 Å². The van der Waals surface area contributed by atoms with E-state index in [9.17, 15) is 24.9 Å². The lowest BCUT2D eigenvalue weighted by molar-refractivity contribution is -0.224. The first-order chi connectivity index (χ1) is 16.2. The van der Waals surface area contributed by atoms with Crippen LogP contribution in [0.4, 0.5) is 0 Å². The fourth-order valence-electron chi connectivity index (χ4n) is 9.50. The number of aliphatic hydroxyl groups excluding tert-OH is 1. The van der Waals surface area contributed by atoms with Crippen molar-refractivity contribution in [2.24, 2.45) is 28.6 Å². The smallest absolute Gasteiger partial charge is 0.334 e. The van der Waals surface area contributed by atoms with Crippen LogP contribution in [-0.4, -0.2) is 62.2 Å². The maximum Gasteiger partial charge on any atom is 0.334 e. The highest BCUT2D eigenvalue weighted by Gasteiger charge is 2.82. The number of hydrogen-bond acceptors (Lipinski definition) is 7. The molecule has 4 fully saturated rings. The SMILES string of the molecule is CC1=C(C)C(=O)O[C@H]([C@](C)(O)[C@H]2CC[C@@]3(O)[C@@H]4C[C@H]5O[C@]56[C@@H](O)C=CC(=O)[C@]6(C)[C@H]4CC[C@]23C)C1. The second-order valence-corrected chi connectivity index (χ2v) is 12.9. The summed E-state index contributed by atoms with van der Waals surface area (Å²) in [6.07, 6.45) is 4.86. The van der Waals surface area contributed by atoms with Gasteiger partial charge in [-0.3, -0.25) is 4.79 Å². The van der Waals surface area contributed by atoms with Crippen LogP contribution < -0.4 is 0 Å². The summed E-state index contributed by atoms with van der Waals surface area (Å²) in [5.74, 6) is -0.966. The minimum Gasteiger partial charge on any atom is -0.456 e. The highest BCUT2D eigenvalue weighted by molar-refractivity contribution is 5.98. The predicted molar refractivity (Wildman–Crippen MR) is 126 cm³/mol. The van der Waals surface area contributed by atoms with E-state index >= 15 is 0 Å². The molecule has 11 atom stereocenters. The van der Waals surface area contributed by atoms with Crippen LogP contribution in [0.15, 0.2) is 23.3 Å². The van der Waals surface area contributed by atoms with Crippen molar-refractivity contribution >= 4 is 11.8 Å². The van der Waals surface area contributed by atoms with Gasteiger partial charge in [-0.15, -0.1) is 0 Å². The summed E-state index contributed by atoms with van der Waals surface area (Å²) >= 11 is 0. The number of rotatable bonds is 2. The number of hydrogen-bond donors (Lipinski definition) is 3. The van der Waals surface area contributed by atoms with E-state index in [1.807, 2.05) is 13.8 Å². The van der Waals surface area contributed by atoms with Crippen LogP contribution in [0.5, 0.6) is 0 Å². The van der Waals surface area contributed by atoms with Gasteiger partial charge in [0.15, 0.2) is 5.78 Å². The second kappa shape index (κ2) is 6.85. The van der Waals surface area contributed by atoms with Crippen LogP contribution >= 0.6 is 0 Å². The highest BCUT2D eigenvalue weighted by Crippen LogP contribution is 2.74. The lowest BCUT2D eigenvalue weighted by Crippen LogP contribution is -2.69. The quantitative estimate of drug-likeness (QED) is 0.406. The Morgan fingerprint density at radius 1 is 1.11 bits per heavy atom. The predicted octanol–water partition coefficient (Wildman–Crippen LogP) is 2.61. The van der Waals surface area contributed by atoms with E-state index in [0.717, 1.165) is 5.57 Å². The van der Waals surface area contributed by atoms with Gasteiger partial charge in [0.2, 0.25) is 0 Å². The zero-order valence-corrected chi connectivity index (χ0v) is 21.3. The average Bonchev–Trinajstić information content (AvgIpc) is 3.46. The molecule has 7 nitrogen and oxygen atoms in total. The van der Waals surface area contributed by atoms with Gasteiger partial charge in [-0.05, 0) is 89.7 Å². The fourth-order valence-corrected chi connectivity index (χ4v) is 9.50. The van der Waals surface area contributed by atoms with Crippen molar-refractivity contribution in [3.05, 3.63) is 23.3 Å². The maximum atomic E-state index is 13.3. The molecular weight excluding hydrogens is 448 g/mol. The number of epoxide rings is 1. The molecule has 0 aromatic carbocycles. The molecule has 1 spiro atoms. The van der Waals surface area contributed by atoms with E-state index in [-0.39, 0.29) is 35.6 Å². The van der Waals surface area contributed by atoms with Gasteiger partial charge < -0.3 is 24.8 Å². The van der Waals surface area contributed by atoms with Crippen molar-refractivity contribution < 1.29 is 34.4 Å². The standard InChI is InChI=1S/C28H38O7/c1-14-12-21(34-23(31)15(14)2)26(5,32)18-9-11-27(33)17-13-22-28(35-22)20(30)7-6-19(29)25(28,4)16(17)8-10-24(18,27)3/h6-7,16-18,20-22,30,32-33H,8-13H2,1-5H3/t16-,17+,18-,20-,21-,22+,24+,25-,26+,27+,28+/m0/s1. The molecule has 0 bridgehead atoms. The average molecular weight is 487 g/mol. The number of carbonyl (C=O) groups is 2. The molecule has 3 saturated carbocycles. The summed E-state index contributed by atoms with van der Waals surface area (Å²) in [5, 5.41) is 35.2. The van der Waals surface area contributed by atoms with Crippen LogP contribution in [0.2, 0.25) is 0 Å². The molecule has 192 valence electrons. The zero-order valence-electron chi connectivity index (χ0n) is 21.3. The number of fused-ring (bicyclic) bond motifs is 4. The van der Waals surface area contributed by atoms with Crippen molar-refractivity contribution in [3.63, 3.8) is 0 Å². The number of ketones is 1. The van der Waals surface area contributed by atoms with E-state index in [1.54, 1.807) is 19.9 Å². The van der Waals surface area contributed by atoms with Crippen molar-refractivity contribution in [2.45, 2.75) is 108 Å². The molecule has 6 rings (SSSR count). The van der Waals surface area contributed by atoms with Gasteiger partial charge in [0.05, 0.1) is 17.1 Å². The Morgan fingerprint density at radius 2 is 1.83 bits per heavy atom. The van der Waals surface area contributed by atoms with Crippen LogP contribution in [0.25, 0.3) is 0 Å². The van der Waals surface area contributed by atoms with Gasteiger partial charge in [-0.25, -0.2) is 4.79 Å². The van der Waals surface area contributed by atoms with E-state index in [0.29, 0.717) is 44.1 Å². The minimum absolute atomic E-state index is 0.0273. The topological polar surface area (TPSA) is 117 Å².